The second-order valence-corrected chi connectivity index (χ2v) is 8.84. The smallest absolute Gasteiger partial charge is 0.335 e. The van der Waals surface area contributed by atoms with Crippen LogP contribution in [-0.2, 0) is 22.9 Å². The number of carboxylic acids is 1. The molecule has 7 heteroatoms. The van der Waals surface area contributed by atoms with Gasteiger partial charge in [-0.05, 0) is 61.6 Å². The van der Waals surface area contributed by atoms with Crippen LogP contribution in [0.25, 0.3) is 0 Å². The number of rotatable bonds is 9. The number of carboxylic acid groups (broad SMARTS) is 1. The summed E-state index contributed by atoms with van der Waals surface area (Å²) in [6, 6.07) is 19.8. The molecule has 0 atom stereocenters. The molecule has 2 N–H and O–H groups in total. The van der Waals surface area contributed by atoms with Crippen molar-refractivity contribution >= 4 is 27.5 Å². The van der Waals surface area contributed by atoms with Crippen LogP contribution in [0, 0.1) is 0 Å². The number of aromatic carboxylic acids is 1. The van der Waals surface area contributed by atoms with Gasteiger partial charge in [0.15, 0.2) is 5.78 Å². The molecule has 0 saturated heterocycles. The Balaban J connectivity index is 1.73. The molecule has 0 spiro atoms. The summed E-state index contributed by atoms with van der Waals surface area (Å²) < 4.78 is 28.2. The molecule has 0 aliphatic rings. The van der Waals surface area contributed by atoms with Gasteiger partial charge in [-0.2, -0.15) is 0 Å². The van der Waals surface area contributed by atoms with E-state index in [1.54, 1.807) is 36.4 Å². The van der Waals surface area contributed by atoms with Crippen LogP contribution < -0.4 is 4.72 Å². The molecule has 0 fully saturated rings. The first-order chi connectivity index (χ1) is 14.8. The van der Waals surface area contributed by atoms with Crippen molar-refractivity contribution in [2.75, 3.05) is 4.72 Å². The number of aryl methyl sites for hydroxylation is 2. The molecule has 3 aromatic carbocycles. The van der Waals surface area contributed by atoms with E-state index < -0.39 is 16.0 Å². The largest absolute Gasteiger partial charge is 0.478 e. The topological polar surface area (TPSA) is 101 Å². The summed E-state index contributed by atoms with van der Waals surface area (Å²) in [4.78, 5) is 22.8. The Kier molecular flexibility index (Phi) is 6.87. The van der Waals surface area contributed by atoms with Gasteiger partial charge < -0.3 is 5.11 Å². The number of hydrogen-bond donors (Lipinski definition) is 2. The van der Waals surface area contributed by atoms with Gasteiger partial charge in [0.2, 0.25) is 0 Å². The van der Waals surface area contributed by atoms with E-state index in [-0.39, 0.29) is 16.2 Å². The van der Waals surface area contributed by atoms with E-state index in [0.717, 1.165) is 11.1 Å². The Morgan fingerprint density at radius 2 is 1.42 bits per heavy atom. The van der Waals surface area contributed by atoms with E-state index in [1.807, 2.05) is 12.1 Å². The second kappa shape index (κ2) is 9.57. The number of anilines is 1. The SMILES string of the molecule is CC(=O)c1ccc(S(=O)(=O)Nc2ccccc2CCCc2ccccc2C(=O)O)cc1. The van der Waals surface area contributed by atoms with Crippen molar-refractivity contribution in [3.05, 3.63) is 95.1 Å². The molecule has 0 bridgehead atoms. The van der Waals surface area contributed by atoms with Crippen LogP contribution in [0.5, 0.6) is 0 Å². The number of carbonyl (C=O) groups excluding carboxylic acids is 1. The number of sulfonamides is 1. The molecule has 160 valence electrons. The van der Waals surface area contributed by atoms with E-state index in [4.69, 9.17) is 0 Å². The summed E-state index contributed by atoms with van der Waals surface area (Å²) in [6.07, 6.45) is 1.81. The number of Topliss-reactive ketones (excluding diaryl/α,β-unsaturated/α-hetero) is 1. The molecule has 31 heavy (non-hydrogen) atoms. The highest BCUT2D eigenvalue weighted by Crippen LogP contribution is 2.23. The second-order valence-electron chi connectivity index (χ2n) is 7.16. The molecule has 0 amide bonds. The Morgan fingerprint density at radius 3 is 2.06 bits per heavy atom. The highest BCUT2D eigenvalue weighted by Gasteiger charge is 2.16. The average molecular weight is 438 g/mol. The van der Waals surface area contributed by atoms with Crippen molar-refractivity contribution in [1.29, 1.82) is 0 Å². The summed E-state index contributed by atoms with van der Waals surface area (Å²) in [7, 11) is -3.81. The summed E-state index contributed by atoms with van der Waals surface area (Å²) in [5.74, 6) is -1.09. The molecule has 3 aromatic rings. The van der Waals surface area contributed by atoms with E-state index in [9.17, 15) is 23.1 Å². The third-order valence-corrected chi connectivity index (χ3v) is 6.35. The molecule has 0 aliphatic heterocycles. The van der Waals surface area contributed by atoms with Gasteiger partial charge in [-0.15, -0.1) is 0 Å². The fourth-order valence-electron chi connectivity index (χ4n) is 3.33. The highest BCUT2D eigenvalue weighted by molar-refractivity contribution is 7.92. The normalized spacial score (nSPS) is 11.1. The number of hydrogen-bond acceptors (Lipinski definition) is 4. The predicted octanol–water partition coefficient (Wildman–Crippen LogP) is 4.56. The lowest BCUT2D eigenvalue weighted by Gasteiger charge is -2.13. The lowest BCUT2D eigenvalue weighted by atomic mass is 9.99. The molecule has 0 unspecified atom stereocenters. The van der Waals surface area contributed by atoms with E-state index in [1.165, 1.54) is 31.2 Å². The maximum atomic E-state index is 12.8. The van der Waals surface area contributed by atoms with Crippen molar-refractivity contribution < 1.29 is 23.1 Å². The Hall–Kier alpha value is -3.45. The quantitative estimate of drug-likeness (QED) is 0.478. The monoisotopic (exact) mass is 437 g/mol. The average Bonchev–Trinajstić information content (AvgIpc) is 2.75. The van der Waals surface area contributed by atoms with Crippen molar-refractivity contribution in [3.8, 4) is 0 Å². The van der Waals surface area contributed by atoms with Crippen molar-refractivity contribution in [2.24, 2.45) is 0 Å². The Bertz CT molecular complexity index is 1200. The zero-order chi connectivity index (χ0) is 22.4. The van der Waals surface area contributed by atoms with E-state index >= 15 is 0 Å². The predicted molar refractivity (Wildman–Crippen MR) is 119 cm³/mol. The maximum absolute atomic E-state index is 12.8. The summed E-state index contributed by atoms with van der Waals surface area (Å²) in [5.41, 5.74) is 2.77. The molecule has 0 aromatic heterocycles. The first-order valence-electron chi connectivity index (χ1n) is 9.81. The van der Waals surface area contributed by atoms with Gasteiger partial charge >= 0.3 is 5.97 Å². The number of ketones is 1. The first kappa shape index (κ1) is 22.2. The van der Waals surface area contributed by atoms with Crippen LogP contribution in [0.4, 0.5) is 5.69 Å². The molecule has 0 aliphatic carbocycles. The zero-order valence-electron chi connectivity index (χ0n) is 17.0. The molecule has 0 heterocycles. The number of benzene rings is 3. The molecular formula is C24H23NO5S. The number of nitrogens with one attached hydrogen (secondary N) is 1. The summed E-state index contributed by atoms with van der Waals surface area (Å²) in [6.45, 7) is 1.42. The first-order valence-corrected chi connectivity index (χ1v) is 11.3. The summed E-state index contributed by atoms with van der Waals surface area (Å²) >= 11 is 0. The molecule has 0 saturated carbocycles. The van der Waals surface area contributed by atoms with Gasteiger partial charge in [0.05, 0.1) is 16.1 Å². The standard InChI is InChI=1S/C24H23NO5S/c1-17(26)18-13-15-21(16-14-18)31(29,30)25-23-12-5-3-8-20(23)10-6-9-19-7-2-4-11-22(19)24(27)28/h2-5,7-8,11-16,25H,6,9-10H2,1H3,(H,27,28). The Morgan fingerprint density at radius 1 is 0.839 bits per heavy atom. The van der Waals surface area contributed by atoms with Crippen LogP contribution in [0.15, 0.2) is 77.7 Å². The highest BCUT2D eigenvalue weighted by atomic mass is 32.2. The minimum absolute atomic E-state index is 0.0719. The minimum Gasteiger partial charge on any atom is -0.478 e. The van der Waals surface area contributed by atoms with Crippen LogP contribution in [0.1, 0.15) is 45.2 Å². The fourth-order valence-corrected chi connectivity index (χ4v) is 4.43. The summed E-state index contributed by atoms with van der Waals surface area (Å²) in [5, 5.41) is 9.31. The third-order valence-electron chi connectivity index (χ3n) is 4.97. The molecule has 3 rings (SSSR count). The molecule has 0 radical (unpaired) electrons. The Labute approximate surface area is 181 Å². The zero-order valence-corrected chi connectivity index (χ0v) is 17.9. The van der Waals surface area contributed by atoms with Gasteiger partial charge in [-0.25, -0.2) is 13.2 Å². The van der Waals surface area contributed by atoms with Gasteiger partial charge in [0, 0.05) is 5.56 Å². The van der Waals surface area contributed by atoms with Gasteiger partial charge in [-0.3, -0.25) is 9.52 Å². The number of carbonyl (C=O) groups is 2. The minimum atomic E-state index is -3.81. The van der Waals surface area contributed by atoms with Crippen molar-refractivity contribution in [3.63, 3.8) is 0 Å². The molecular weight excluding hydrogens is 414 g/mol. The van der Waals surface area contributed by atoms with Crippen LogP contribution in [0.2, 0.25) is 0 Å². The van der Waals surface area contributed by atoms with Crippen LogP contribution in [-0.4, -0.2) is 25.3 Å². The maximum Gasteiger partial charge on any atom is 0.335 e. The van der Waals surface area contributed by atoms with Crippen molar-refractivity contribution in [2.45, 2.75) is 31.1 Å². The fraction of sp³-hybridized carbons (Fsp3) is 0.167. The number of para-hydroxylation sites is 1. The van der Waals surface area contributed by atoms with Crippen LogP contribution >= 0.6 is 0 Å². The van der Waals surface area contributed by atoms with Gasteiger partial charge in [0.1, 0.15) is 0 Å². The third kappa shape index (κ3) is 5.58. The lowest BCUT2D eigenvalue weighted by molar-refractivity contribution is 0.0695. The van der Waals surface area contributed by atoms with E-state index in [2.05, 4.69) is 4.72 Å². The van der Waals surface area contributed by atoms with Gasteiger partial charge in [0.25, 0.3) is 10.0 Å². The van der Waals surface area contributed by atoms with Gasteiger partial charge in [-0.1, -0.05) is 48.5 Å². The van der Waals surface area contributed by atoms with Crippen LogP contribution in [0.3, 0.4) is 0 Å². The molecule has 6 nitrogen and oxygen atoms in total. The van der Waals surface area contributed by atoms with Crippen molar-refractivity contribution in [1.82, 2.24) is 0 Å². The lowest BCUT2D eigenvalue weighted by Crippen LogP contribution is -2.14. The van der Waals surface area contributed by atoms with E-state index in [0.29, 0.717) is 30.5 Å².